The van der Waals surface area contributed by atoms with Gasteiger partial charge in [0.05, 0.1) is 11.6 Å². The normalized spacial score (nSPS) is 11.7. The van der Waals surface area contributed by atoms with Crippen LogP contribution in [-0.4, -0.2) is 30.4 Å². The third-order valence-corrected chi connectivity index (χ3v) is 3.38. The zero-order valence-corrected chi connectivity index (χ0v) is 13.2. The lowest BCUT2D eigenvalue weighted by Gasteiger charge is -2.25. The molecule has 0 heterocycles. The molecule has 21 heavy (non-hydrogen) atoms. The Bertz CT molecular complexity index is 476. The molecule has 1 atom stereocenters. The van der Waals surface area contributed by atoms with Crippen LogP contribution in [0.5, 0.6) is 0 Å². The molecule has 0 bridgehead atoms. The molecule has 4 heteroatoms. The van der Waals surface area contributed by atoms with Crippen LogP contribution in [0.1, 0.15) is 38.3 Å². The minimum atomic E-state index is -0.0186. The summed E-state index contributed by atoms with van der Waals surface area (Å²) in [4.78, 5) is 14.4. The largest absolute Gasteiger partial charge is 0.338 e. The van der Waals surface area contributed by atoms with E-state index in [1.807, 2.05) is 30.9 Å². The van der Waals surface area contributed by atoms with Gasteiger partial charge in [-0.25, -0.2) is 0 Å². The molecule has 0 aliphatic rings. The summed E-state index contributed by atoms with van der Waals surface area (Å²) in [7, 11) is 0. The highest BCUT2D eigenvalue weighted by Gasteiger charge is 2.19. The van der Waals surface area contributed by atoms with E-state index < -0.39 is 0 Å². The summed E-state index contributed by atoms with van der Waals surface area (Å²) < 4.78 is 0. The fourth-order valence-corrected chi connectivity index (χ4v) is 2.20. The van der Waals surface area contributed by atoms with Crippen molar-refractivity contribution in [2.75, 3.05) is 19.6 Å². The second kappa shape index (κ2) is 9.15. The van der Waals surface area contributed by atoms with Gasteiger partial charge in [-0.05, 0) is 30.7 Å². The SMILES string of the molecule is CCCN(Cc1ccc(C#N)cc1)C(=O)C(C)CNCC. The molecule has 1 aromatic rings. The van der Waals surface area contributed by atoms with Crippen molar-refractivity contribution in [3.8, 4) is 6.07 Å². The Balaban J connectivity index is 2.71. The predicted molar refractivity (Wildman–Crippen MR) is 84.6 cm³/mol. The van der Waals surface area contributed by atoms with Crippen molar-refractivity contribution in [1.29, 1.82) is 5.26 Å². The van der Waals surface area contributed by atoms with Gasteiger partial charge < -0.3 is 10.2 Å². The van der Waals surface area contributed by atoms with Crippen molar-refractivity contribution in [2.24, 2.45) is 5.92 Å². The van der Waals surface area contributed by atoms with Crippen LogP contribution >= 0.6 is 0 Å². The average molecular weight is 287 g/mol. The van der Waals surface area contributed by atoms with Gasteiger partial charge in [0.15, 0.2) is 0 Å². The molecule has 0 radical (unpaired) electrons. The number of carbonyl (C=O) groups excluding carboxylic acids is 1. The first-order valence-corrected chi connectivity index (χ1v) is 7.60. The molecule has 0 aromatic heterocycles. The summed E-state index contributed by atoms with van der Waals surface area (Å²) in [6.45, 7) is 9.03. The van der Waals surface area contributed by atoms with Gasteiger partial charge in [-0.1, -0.05) is 32.9 Å². The Morgan fingerprint density at radius 2 is 2.00 bits per heavy atom. The smallest absolute Gasteiger partial charge is 0.226 e. The maximum Gasteiger partial charge on any atom is 0.226 e. The van der Waals surface area contributed by atoms with Gasteiger partial charge in [0, 0.05) is 25.6 Å². The molecule has 114 valence electrons. The second-order valence-electron chi connectivity index (χ2n) is 5.28. The molecule has 0 fully saturated rings. The Labute approximate surface area is 127 Å². The van der Waals surface area contributed by atoms with Gasteiger partial charge in [-0.15, -0.1) is 0 Å². The minimum absolute atomic E-state index is 0.0186. The molecule has 0 aliphatic heterocycles. The number of hydrogen-bond donors (Lipinski definition) is 1. The van der Waals surface area contributed by atoms with Crippen LogP contribution in [0.3, 0.4) is 0 Å². The van der Waals surface area contributed by atoms with Gasteiger partial charge in [0.2, 0.25) is 5.91 Å². The van der Waals surface area contributed by atoms with E-state index in [4.69, 9.17) is 5.26 Å². The van der Waals surface area contributed by atoms with Crippen molar-refractivity contribution in [3.63, 3.8) is 0 Å². The summed E-state index contributed by atoms with van der Waals surface area (Å²) in [6.07, 6.45) is 0.940. The van der Waals surface area contributed by atoms with Crippen molar-refractivity contribution in [1.82, 2.24) is 10.2 Å². The summed E-state index contributed by atoms with van der Waals surface area (Å²) in [5.74, 6) is 0.164. The monoisotopic (exact) mass is 287 g/mol. The summed E-state index contributed by atoms with van der Waals surface area (Å²) in [6, 6.07) is 9.54. The van der Waals surface area contributed by atoms with Crippen LogP contribution in [0, 0.1) is 17.2 Å². The molecular weight excluding hydrogens is 262 g/mol. The standard InChI is InChI=1S/C17H25N3O/c1-4-10-20(17(21)14(3)12-19-5-2)13-16-8-6-15(11-18)7-9-16/h6-9,14,19H,4-5,10,12-13H2,1-3H3. The molecule has 0 spiro atoms. The first-order valence-electron chi connectivity index (χ1n) is 7.60. The summed E-state index contributed by atoms with van der Waals surface area (Å²) in [5.41, 5.74) is 1.71. The molecule has 1 N–H and O–H groups in total. The summed E-state index contributed by atoms with van der Waals surface area (Å²) >= 11 is 0. The third-order valence-electron chi connectivity index (χ3n) is 3.38. The quantitative estimate of drug-likeness (QED) is 0.799. The summed E-state index contributed by atoms with van der Waals surface area (Å²) in [5, 5.41) is 12.0. The topological polar surface area (TPSA) is 56.1 Å². The average Bonchev–Trinajstić information content (AvgIpc) is 2.52. The van der Waals surface area contributed by atoms with Gasteiger partial charge in [-0.2, -0.15) is 5.26 Å². The zero-order chi connectivity index (χ0) is 15.7. The van der Waals surface area contributed by atoms with Gasteiger partial charge in [-0.3, -0.25) is 4.79 Å². The molecule has 0 saturated heterocycles. The van der Waals surface area contributed by atoms with Crippen LogP contribution in [0.25, 0.3) is 0 Å². The molecular formula is C17H25N3O. The lowest BCUT2D eigenvalue weighted by Crippen LogP contribution is -2.39. The Morgan fingerprint density at radius 3 is 2.52 bits per heavy atom. The van der Waals surface area contributed by atoms with E-state index >= 15 is 0 Å². The van der Waals surface area contributed by atoms with Crippen LogP contribution in [-0.2, 0) is 11.3 Å². The highest BCUT2D eigenvalue weighted by Crippen LogP contribution is 2.11. The highest BCUT2D eigenvalue weighted by atomic mass is 16.2. The third kappa shape index (κ3) is 5.57. The first kappa shape index (κ1) is 17.2. The lowest BCUT2D eigenvalue weighted by molar-refractivity contribution is -0.135. The van der Waals surface area contributed by atoms with E-state index in [1.165, 1.54) is 0 Å². The van der Waals surface area contributed by atoms with Crippen LogP contribution < -0.4 is 5.32 Å². The number of amides is 1. The molecule has 1 unspecified atom stereocenters. The Hall–Kier alpha value is -1.86. The van der Waals surface area contributed by atoms with Gasteiger partial charge >= 0.3 is 0 Å². The number of nitriles is 1. The lowest BCUT2D eigenvalue weighted by atomic mass is 10.1. The van der Waals surface area contributed by atoms with E-state index in [2.05, 4.69) is 18.3 Å². The molecule has 0 saturated carbocycles. The van der Waals surface area contributed by atoms with Crippen molar-refractivity contribution < 1.29 is 4.79 Å². The van der Waals surface area contributed by atoms with E-state index in [0.29, 0.717) is 18.7 Å². The highest BCUT2D eigenvalue weighted by molar-refractivity contribution is 5.78. The number of rotatable bonds is 8. The molecule has 0 aliphatic carbocycles. The van der Waals surface area contributed by atoms with Crippen LogP contribution in [0.15, 0.2) is 24.3 Å². The number of nitrogens with one attached hydrogen (secondary N) is 1. The second-order valence-corrected chi connectivity index (χ2v) is 5.28. The number of benzene rings is 1. The van der Waals surface area contributed by atoms with Crippen LogP contribution in [0.2, 0.25) is 0 Å². The Kier molecular flexibility index (Phi) is 7.49. The number of nitrogens with zero attached hydrogens (tertiary/aromatic N) is 2. The van der Waals surface area contributed by atoms with E-state index in [-0.39, 0.29) is 11.8 Å². The molecule has 4 nitrogen and oxygen atoms in total. The van der Waals surface area contributed by atoms with Crippen molar-refractivity contribution >= 4 is 5.91 Å². The van der Waals surface area contributed by atoms with Crippen LogP contribution in [0.4, 0.5) is 0 Å². The number of carbonyl (C=O) groups is 1. The van der Waals surface area contributed by atoms with Gasteiger partial charge in [0.1, 0.15) is 0 Å². The first-order chi connectivity index (χ1) is 10.1. The van der Waals surface area contributed by atoms with E-state index in [0.717, 1.165) is 25.1 Å². The fraction of sp³-hybridized carbons (Fsp3) is 0.529. The Morgan fingerprint density at radius 1 is 1.33 bits per heavy atom. The fourth-order valence-electron chi connectivity index (χ4n) is 2.20. The zero-order valence-electron chi connectivity index (χ0n) is 13.2. The van der Waals surface area contributed by atoms with Gasteiger partial charge in [0.25, 0.3) is 0 Å². The molecule has 1 rings (SSSR count). The van der Waals surface area contributed by atoms with E-state index in [9.17, 15) is 4.79 Å². The predicted octanol–water partition coefficient (Wildman–Crippen LogP) is 2.54. The molecule has 1 amide bonds. The van der Waals surface area contributed by atoms with Crippen molar-refractivity contribution in [3.05, 3.63) is 35.4 Å². The maximum atomic E-state index is 12.5. The maximum absolute atomic E-state index is 12.5. The van der Waals surface area contributed by atoms with E-state index in [1.54, 1.807) is 12.1 Å². The number of hydrogen-bond acceptors (Lipinski definition) is 3. The van der Waals surface area contributed by atoms with Crippen molar-refractivity contribution in [2.45, 2.75) is 33.7 Å². The minimum Gasteiger partial charge on any atom is -0.338 e. The molecule has 1 aromatic carbocycles.